The highest BCUT2D eigenvalue weighted by Crippen LogP contribution is 2.12. The lowest BCUT2D eigenvalue weighted by molar-refractivity contribution is 0.328. The van der Waals surface area contributed by atoms with Gasteiger partial charge in [-0.2, -0.15) is 4.98 Å². The molecule has 1 saturated heterocycles. The van der Waals surface area contributed by atoms with Gasteiger partial charge < -0.3 is 11.1 Å². The molecule has 0 unspecified atom stereocenters. The molecule has 1 aliphatic heterocycles. The second-order valence-electron chi connectivity index (χ2n) is 3.98. The predicted molar refractivity (Wildman–Crippen MR) is 58.5 cm³/mol. The minimum absolute atomic E-state index is 0.242. The van der Waals surface area contributed by atoms with E-state index in [1.54, 1.807) is 16.8 Å². The fourth-order valence-electron chi connectivity index (χ4n) is 1.92. The minimum atomic E-state index is -0.242. The monoisotopic (exact) mass is 208 g/mol. The molecule has 0 aromatic carbocycles. The number of nitrogens with zero attached hydrogens (tertiary/aromatic N) is 2. The van der Waals surface area contributed by atoms with Gasteiger partial charge in [0.2, 0.25) is 0 Å². The SMILES string of the molecule is Nc1ccn(CC2CCNCC2)c(=O)n1. The molecule has 1 fully saturated rings. The molecule has 0 aliphatic carbocycles. The van der Waals surface area contributed by atoms with Crippen molar-refractivity contribution >= 4 is 5.82 Å². The number of nitrogens with two attached hydrogens (primary N) is 1. The van der Waals surface area contributed by atoms with E-state index >= 15 is 0 Å². The summed E-state index contributed by atoms with van der Waals surface area (Å²) in [6.45, 7) is 2.84. The minimum Gasteiger partial charge on any atom is -0.383 e. The summed E-state index contributed by atoms with van der Waals surface area (Å²) < 4.78 is 1.65. The van der Waals surface area contributed by atoms with E-state index in [0.29, 0.717) is 11.7 Å². The maximum atomic E-state index is 11.5. The average Bonchev–Trinajstić information content (AvgIpc) is 2.24. The number of hydrogen-bond donors (Lipinski definition) is 2. The molecule has 1 aromatic rings. The predicted octanol–water partition coefficient (Wildman–Crippen LogP) is -0.175. The van der Waals surface area contributed by atoms with E-state index in [-0.39, 0.29) is 5.69 Å². The molecule has 82 valence electrons. The third-order valence-corrected chi connectivity index (χ3v) is 2.81. The second kappa shape index (κ2) is 4.44. The van der Waals surface area contributed by atoms with Crippen LogP contribution in [0.1, 0.15) is 12.8 Å². The Morgan fingerprint density at radius 1 is 1.53 bits per heavy atom. The van der Waals surface area contributed by atoms with Crippen molar-refractivity contribution in [1.29, 1.82) is 0 Å². The normalized spacial score (nSPS) is 17.9. The van der Waals surface area contributed by atoms with Crippen molar-refractivity contribution in [1.82, 2.24) is 14.9 Å². The molecular formula is C10H16N4O. The fraction of sp³-hybridized carbons (Fsp3) is 0.600. The molecule has 2 rings (SSSR count). The number of anilines is 1. The van der Waals surface area contributed by atoms with Crippen LogP contribution in [0.15, 0.2) is 17.1 Å². The van der Waals surface area contributed by atoms with Crippen molar-refractivity contribution in [3.63, 3.8) is 0 Å². The zero-order valence-electron chi connectivity index (χ0n) is 8.65. The standard InChI is InChI=1S/C10H16N4O/c11-9-3-6-14(10(15)13-9)7-8-1-4-12-5-2-8/h3,6,8,12H,1-2,4-5,7H2,(H2,11,13,15). The van der Waals surface area contributed by atoms with Crippen molar-refractivity contribution in [3.05, 3.63) is 22.7 Å². The van der Waals surface area contributed by atoms with E-state index in [1.807, 2.05) is 0 Å². The Kier molecular flexibility index (Phi) is 3.01. The summed E-state index contributed by atoms with van der Waals surface area (Å²) in [5.74, 6) is 0.871. The van der Waals surface area contributed by atoms with Gasteiger partial charge in [0.1, 0.15) is 5.82 Å². The van der Waals surface area contributed by atoms with Crippen LogP contribution in [0.3, 0.4) is 0 Å². The van der Waals surface area contributed by atoms with E-state index in [4.69, 9.17) is 5.73 Å². The third-order valence-electron chi connectivity index (χ3n) is 2.81. The van der Waals surface area contributed by atoms with Gasteiger partial charge in [-0.1, -0.05) is 0 Å². The lowest BCUT2D eigenvalue weighted by atomic mass is 9.98. The van der Waals surface area contributed by atoms with E-state index in [0.717, 1.165) is 32.5 Å². The van der Waals surface area contributed by atoms with Crippen molar-refractivity contribution in [3.8, 4) is 0 Å². The lowest BCUT2D eigenvalue weighted by Gasteiger charge is -2.22. The molecule has 15 heavy (non-hydrogen) atoms. The van der Waals surface area contributed by atoms with Gasteiger partial charge in [-0.05, 0) is 37.9 Å². The van der Waals surface area contributed by atoms with Gasteiger partial charge in [-0.3, -0.25) is 4.57 Å². The van der Waals surface area contributed by atoms with Crippen LogP contribution in [0.4, 0.5) is 5.82 Å². The van der Waals surface area contributed by atoms with Gasteiger partial charge in [-0.25, -0.2) is 4.79 Å². The summed E-state index contributed by atoms with van der Waals surface area (Å²) in [5.41, 5.74) is 5.18. The molecule has 5 nitrogen and oxygen atoms in total. The van der Waals surface area contributed by atoms with Crippen molar-refractivity contribution in [2.45, 2.75) is 19.4 Å². The average molecular weight is 208 g/mol. The maximum Gasteiger partial charge on any atom is 0.349 e. The molecular weight excluding hydrogens is 192 g/mol. The quantitative estimate of drug-likeness (QED) is 0.707. The topological polar surface area (TPSA) is 72.9 Å². The Bertz CT molecular complexity index is 381. The van der Waals surface area contributed by atoms with Gasteiger partial charge in [0.25, 0.3) is 0 Å². The molecule has 2 heterocycles. The van der Waals surface area contributed by atoms with Crippen LogP contribution in [0.2, 0.25) is 0 Å². The van der Waals surface area contributed by atoms with Crippen LogP contribution >= 0.6 is 0 Å². The molecule has 0 radical (unpaired) electrons. The molecule has 0 bridgehead atoms. The first-order chi connectivity index (χ1) is 7.25. The Labute approximate surface area is 88.3 Å². The molecule has 1 aliphatic rings. The number of hydrogen-bond acceptors (Lipinski definition) is 4. The van der Waals surface area contributed by atoms with Crippen LogP contribution < -0.4 is 16.7 Å². The number of nitrogens with one attached hydrogen (secondary N) is 1. The second-order valence-corrected chi connectivity index (χ2v) is 3.98. The van der Waals surface area contributed by atoms with Gasteiger partial charge >= 0.3 is 5.69 Å². The molecule has 0 saturated carbocycles. The highest BCUT2D eigenvalue weighted by Gasteiger charge is 2.13. The van der Waals surface area contributed by atoms with Crippen molar-refractivity contribution in [2.24, 2.45) is 5.92 Å². The summed E-state index contributed by atoms with van der Waals surface area (Å²) in [6.07, 6.45) is 3.97. The zero-order chi connectivity index (χ0) is 10.7. The largest absolute Gasteiger partial charge is 0.383 e. The number of nitrogen functional groups attached to an aromatic ring is 1. The van der Waals surface area contributed by atoms with Gasteiger partial charge in [0.05, 0.1) is 0 Å². The lowest BCUT2D eigenvalue weighted by Crippen LogP contribution is -2.33. The molecule has 3 N–H and O–H groups in total. The van der Waals surface area contributed by atoms with E-state index in [9.17, 15) is 4.79 Å². The summed E-state index contributed by atoms with van der Waals surface area (Å²) in [6, 6.07) is 1.67. The molecule has 0 atom stereocenters. The first-order valence-corrected chi connectivity index (χ1v) is 5.29. The highest BCUT2D eigenvalue weighted by molar-refractivity contribution is 5.23. The van der Waals surface area contributed by atoms with Gasteiger partial charge in [-0.15, -0.1) is 0 Å². The number of rotatable bonds is 2. The molecule has 0 spiro atoms. The fourth-order valence-corrected chi connectivity index (χ4v) is 1.92. The Balaban J connectivity index is 2.06. The maximum absolute atomic E-state index is 11.5. The molecule has 1 aromatic heterocycles. The number of aromatic nitrogens is 2. The highest BCUT2D eigenvalue weighted by atomic mass is 16.1. The summed E-state index contributed by atoms with van der Waals surface area (Å²) in [5, 5.41) is 3.30. The summed E-state index contributed by atoms with van der Waals surface area (Å²) >= 11 is 0. The molecule has 0 amide bonds. The summed E-state index contributed by atoms with van der Waals surface area (Å²) in [4.78, 5) is 15.2. The number of piperidine rings is 1. The smallest absolute Gasteiger partial charge is 0.349 e. The molecule has 5 heteroatoms. The van der Waals surface area contributed by atoms with Crippen molar-refractivity contribution < 1.29 is 0 Å². The Hall–Kier alpha value is -1.36. The Morgan fingerprint density at radius 2 is 2.27 bits per heavy atom. The van der Waals surface area contributed by atoms with Crippen LogP contribution in [-0.4, -0.2) is 22.6 Å². The van der Waals surface area contributed by atoms with Gasteiger partial charge in [0, 0.05) is 12.7 Å². The van der Waals surface area contributed by atoms with E-state index < -0.39 is 0 Å². The van der Waals surface area contributed by atoms with E-state index in [2.05, 4.69) is 10.3 Å². The van der Waals surface area contributed by atoms with Crippen LogP contribution in [0, 0.1) is 5.92 Å². The first kappa shape index (κ1) is 10.2. The van der Waals surface area contributed by atoms with Gasteiger partial charge in [0.15, 0.2) is 0 Å². The van der Waals surface area contributed by atoms with Crippen molar-refractivity contribution in [2.75, 3.05) is 18.8 Å². The first-order valence-electron chi connectivity index (χ1n) is 5.29. The van der Waals surface area contributed by atoms with Crippen LogP contribution in [-0.2, 0) is 6.54 Å². The zero-order valence-corrected chi connectivity index (χ0v) is 8.65. The van der Waals surface area contributed by atoms with E-state index in [1.165, 1.54) is 0 Å². The van der Waals surface area contributed by atoms with Crippen LogP contribution in [0.25, 0.3) is 0 Å². The Morgan fingerprint density at radius 3 is 2.93 bits per heavy atom. The third kappa shape index (κ3) is 2.56. The van der Waals surface area contributed by atoms with Crippen LogP contribution in [0.5, 0.6) is 0 Å². The summed E-state index contributed by atoms with van der Waals surface area (Å²) in [7, 11) is 0.